The number of carbonyl (C=O) groups is 1. The molecular formula is C12H20N2O4S2. The van der Waals surface area contributed by atoms with E-state index in [0.29, 0.717) is 17.3 Å². The molecule has 0 aliphatic rings. The molecule has 2 N–H and O–H groups in total. The summed E-state index contributed by atoms with van der Waals surface area (Å²) in [5.74, 6) is -0.811. The van der Waals surface area contributed by atoms with Crippen LogP contribution in [0, 0.1) is 18.8 Å². The topological polar surface area (TPSA) is 96.4 Å². The molecule has 0 unspecified atom stereocenters. The predicted octanol–water partition coefficient (Wildman–Crippen LogP) is 1.87. The molecule has 8 heteroatoms. The Morgan fingerprint density at radius 1 is 1.50 bits per heavy atom. The molecule has 0 saturated carbocycles. The van der Waals surface area contributed by atoms with E-state index < -0.39 is 16.0 Å². The van der Waals surface area contributed by atoms with Crippen LogP contribution in [0.5, 0.6) is 0 Å². The standard InChI is InChI=1S/C12H20N2O4S2/c1-8(2)4-10(5-11(15)16)6-14-20(17,18)12-7-13-9(3)19-12/h7-8,10,14H,4-6H2,1-3H3,(H,15,16)/t10-/m0/s1. The van der Waals surface area contributed by atoms with E-state index in [2.05, 4.69) is 9.71 Å². The molecule has 1 aromatic rings. The number of aromatic nitrogens is 1. The molecule has 0 spiro atoms. The Bertz CT molecular complexity index is 552. The number of nitrogens with zero attached hydrogens (tertiary/aromatic N) is 1. The molecule has 1 heterocycles. The van der Waals surface area contributed by atoms with E-state index in [1.807, 2.05) is 13.8 Å². The number of sulfonamides is 1. The van der Waals surface area contributed by atoms with Crippen LogP contribution in [-0.2, 0) is 14.8 Å². The van der Waals surface area contributed by atoms with E-state index in [0.717, 1.165) is 11.3 Å². The SMILES string of the molecule is Cc1ncc(S(=O)(=O)NC[C@H](CC(=O)O)CC(C)C)s1. The van der Waals surface area contributed by atoms with Gasteiger partial charge >= 0.3 is 5.97 Å². The maximum Gasteiger partial charge on any atom is 0.303 e. The summed E-state index contributed by atoms with van der Waals surface area (Å²) in [6.45, 7) is 5.82. The molecule has 0 aliphatic carbocycles. The van der Waals surface area contributed by atoms with Gasteiger partial charge in [0, 0.05) is 13.0 Å². The van der Waals surface area contributed by atoms with Gasteiger partial charge in [0.05, 0.1) is 11.2 Å². The summed E-state index contributed by atoms with van der Waals surface area (Å²) in [6, 6.07) is 0. The van der Waals surface area contributed by atoms with Crippen molar-refractivity contribution in [3.8, 4) is 0 Å². The number of aryl methyl sites for hydroxylation is 1. The van der Waals surface area contributed by atoms with Crippen molar-refractivity contribution < 1.29 is 18.3 Å². The van der Waals surface area contributed by atoms with Gasteiger partial charge in [0.1, 0.15) is 0 Å². The van der Waals surface area contributed by atoms with Crippen molar-refractivity contribution in [2.45, 2.75) is 37.8 Å². The third-order valence-electron chi connectivity index (χ3n) is 2.69. The van der Waals surface area contributed by atoms with Gasteiger partial charge in [-0.2, -0.15) is 0 Å². The molecule has 1 aromatic heterocycles. The van der Waals surface area contributed by atoms with Gasteiger partial charge in [-0.05, 0) is 25.2 Å². The fourth-order valence-electron chi connectivity index (χ4n) is 1.92. The zero-order valence-corrected chi connectivity index (χ0v) is 13.4. The Balaban J connectivity index is 2.68. The number of aliphatic carboxylic acids is 1. The summed E-state index contributed by atoms with van der Waals surface area (Å²) in [4.78, 5) is 14.7. The van der Waals surface area contributed by atoms with Crippen LogP contribution in [-0.4, -0.2) is 31.0 Å². The lowest BCUT2D eigenvalue weighted by atomic mass is 9.94. The molecule has 0 amide bonds. The maximum atomic E-state index is 12.0. The van der Waals surface area contributed by atoms with Crippen LogP contribution in [0.3, 0.4) is 0 Å². The van der Waals surface area contributed by atoms with Crippen molar-refractivity contribution in [2.75, 3.05) is 6.54 Å². The molecule has 1 rings (SSSR count). The smallest absolute Gasteiger partial charge is 0.303 e. The number of rotatable bonds is 8. The zero-order chi connectivity index (χ0) is 15.3. The van der Waals surface area contributed by atoms with E-state index in [9.17, 15) is 13.2 Å². The van der Waals surface area contributed by atoms with Gasteiger partial charge < -0.3 is 5.11 Å². The summed E-state index contributed by atoms with van der Waals surface area (Å²) >= 11 is 1.10. The highest BCUT2D eigenvalue weighted by atomic mass is 32.2. The molecule has 0 aromatic carbocycles. The van der Waals surface area contributed by atoms with Crippen LogP contribution in [0.15, 0.2) is 10.4 Å². The highest BCUT2D eigenvalue weighted by Gasteiger charge is 2.21. The predicted molar refractivity (Wildman–Crippen MR) is 77.2 cm³/mol. The van der Waals surface area contributed by atoms with E-state index in [1.54, 1.807) is 6.92 Å². The van der Waals surface area contributed by atoms with Crippen LogP contribution >= 0.6 is 11.3 Å². The van der Waals surface area contributed by atoms with Gasteiger partial charge in [-0.25, -0.2) is 18.1 Å². The Hall–Kier alpha value is -0.990. The van der Waals surface area contributed by atoms with Crippen LogP contribution in [0.4, 0.5) is 0 Å². The number of hydrogen-bond donors (Lipinski definition) is 2. The number of nitrogens with one attached hydrogen (secondary N) is 1. The Morgan fingerprint density at radius 2 is 2.15 bits per heavy atom. The van der Waals surface area contributed by atoms with E-state index >= 15 is 0 Å². The fraction of sp³-hybridized carbons (Fsp3) is 0.667. The van der Waals surface area contributed by atoms with Gasteiger partial charge in [0.15, 0.2) is 4.21 Å². The van der Waals surface area contributed by atoms with E-state index in [4.69, 9.17) is 5.11 Å². The van der Waals surface area contributed by atoms with Crippen LogP contribution in [0.2, 0.25) is 0 Å². The Kier molecular flexibility index (Phi) is 6.09. The van der Waals surface area contributed by atoms with Crippen molar-refractivity contribution in [1.82, 2.24) is 9.71 Å². The summed E-state index contributed by atoms with van der Waals surface area (Å²) in [7, 11) is -3.59. The second kappa shape index (κ2) is 7.14. The van der Waals surface area contributed by atoms with Crippen LogP contribution < -0.4 is 4.72 Å². The van der Waals surface area contributed by atoms with E-state index in [1.165, 1.54) is 6.20 Å². The maximum absolute atomic E-state index is 12.0. The van der Waals surface area contributed by atoms with Gasteiger partial charge in [-0.3, -0.25) is 4.79 Å². The van der Waals surface area contributed by atoms with Crippen molar-refractivity contribution in [2.24, 2.45) is 11.8 Å². The minimum absolute atomic E-state index is 0.0393. The van der Waals surface area contributed by atoms with Gasteiger partial charge in [0.25, 0.3) is 10.0 Å². The average molecular weight is 320 g/mol. The van der Waals surface area contributed by atoms with Gasteiger partial charge in [-0.1, -0.05) is 13.8 Å². The number of hydrogen-bond acceptors (Lipinski definition) is 5. The molecule has 0 saturated heterocycles. The molecule has 0 fully saturated rings. The first-order chi connectivity index (χ1) is 9.20. The summed E-state index contributed by atoms with van der Waals surface area (Å²) in [6.07, 6.45) is 1.94. The molecule has 114 valence electrons. The number of thiazole rings is 1. The molecule has 0 bridgehead atoms. The third kappa shape index (κ3) is 5.56. The van der Waals surface area contributed by atoms with Gasteiger partial charge in [0.2, 0.25) is 0 Å². The average Bonchev–Trinajstić information content (AvgIpc) is 2.72. The molecule has 6 nitrogen and oxygen atoms in total. The summed E-state index contributed by atoms with van der Waals surface area (Å²) in [5.41, 5.74) is 0. The minimum atomic E-state index is -3.59. The van der Waals surface area contributed by atoms with Crippen molar-refractivity contribution >= 4 is 27.3 Å². The zero-order valence-electron chi connectivity index (χ0n) is 11.8. The first-order valence-electron chi connectivity index (χ1n) is 6.34. The molecule has 0 radical (unpaired) electrons. The van der Waals surface area contributed by atoms with E-state index in [-0.39, 0.29) is 23.1 Å². The molecule has 20 heavy (non-hydrogen) atoms. The lowest BCUT2D eigenvalue weighted by Gasteiger charge is -2.17. The highest BCUT2D eigenvalue weighted by Crippen LogP contribution is 2.19. The first-order valence-corrected chi connectivity index (χ1v) is 8.64. The second-order valence-electron chi connectivity index (χ2n) is 5.14. The summed E-state index contributed by atoms with van der Waals surface area (Å²) < 4.78 is 26.7. The second-order valence-corrected chi connectivity index (χ2v) is 8.37. The Labute approximate surface area is 123 Å². The summed E-state index contributed by atoms with van der Waals surface area (Å²) in [5, 5.41) is 9.54. The molecule has 0 aliphatic heterocycles. The molecular weight excluding hydrogens is 300 g/mol. The normalized spacial score (nSPS) is 13.6. The van der Waals surface area contributed by atoms with Crippen LogP contribution in [0.1, 0.15) is 31.7 Å². The number of carboxylic acid groups (broad SMARTS) is 1. The fourth-order valence-corrected chi connectivity index (χ4v) is 4.19. The van der Waals surface area contributed by atoms with Crippen molar-refractivity contribution in [3.63, 3.8) is 0 Å². The lowest BCUT2D eigenvalue weighted by Crippen LogP contribution is -2.30. The largest absolute Gasteiger partial charge is 0.481 e. The quantitative estimate of drug-likeness (QED) is 0.762. The molecule has 1 atom stereocenters. The van der Waals surface area contributed by atoms with Crippen molar-refractivity contribution in [1.29, 1.82) is 0 Å². The van der Waals surface area contributed by atoms with Crippen LogP contribution in [0.25, 0.3) is 0 Å². The third-order valence-corrected chi connectivity index (χ3v) is 5.49. The monoisotopic (exact) mass is 320 g/mol. The van der Waals surface area contributed by atoms with Crippen molar-refractivity contribution in [3.05, 3.63) is 11.2 Å². The lowest BCUT2D eigenvalue weighted by molar-refractivity contribution is -0.138. The minimum Gasteiger partial charge on any atom is -0.481 e. The Morgan fingerprint density at radius 3 is 2.60 bits per heavy atom. The highest BCUT2D eigenvalue weighted by molar-refractivity contribution is 7.91. The number of carboxylic acids is 1. The first kappa shape index (κ1) is 17.1. The van der Waals surface area contributed by atoms with Gasteiger partial charge in [-0.15, -0.1) is 11.3 Å².